The summed E-state index contributed by atoms with van der Waals surface area (Å²) in [4.78, 5) is 14.6. The van der Waals surface area contributed by atoms with E-state index >= 15 is 0 Å². The Morgan fingerprint density at radius 1 is 1.10 bits per heavy atom. The second kappa shape index (κ2) is 12.0. The van der Waals surface area contributed by atoms with Gasteiger partial charge in [-0.05, 0) is 75.6 Å². The smallest absolute Gasteiger partial charge is 0.222 e. The van der Waals surface area contributed by atoms with E-state index in [4.69, 9.17) is 0 Å². The summed E-state index contributed by atoms with van der Waals surface area (Å²) in [5, 5.41) is 3.70. The molecular formula is C25H42N2O3S. The Morgan fingerprint density at radius 3 is 2.45 bits per heavy atom. The molecule has 6 heteroatoms. The maximum atomic E-state index is 12.4. The molecule has 0 spiro atoms. The van der Waals surface area contributed by atoms with Crippen LogP contribution in [0.4, 0.5) is 0 Å². The van der Waals surface area contributed by atoms with Crippen molar-refractivity contribution < 1.29 is 13.2 Å². The van der Waals surface area contributed by atoms with E-state index in [2.05, 4.69) is 19.2 Å². The molecule has 0 aliphatic carbocycles. The van der Waals surface area contributed by atoms with Crippen LogP contribution in [0, 0.1) is 5.92 Å². The highest BCUT2D eigenvalue weighted by molar-refractivity contribution is 7.91. The third kappa shape index (κ3) is 8.57. The number of amides is 1. The lowest BCUT2D eigenvalue weighted by atomic mass is 9.90. The first-order valence-electron chi connectivity index (χ1n) is 12.0. The van der Waals surface area contributed by atoms with E-state index in [0.29, 0.717) is 17.2 Å². The molecular weight excluding hydrogens is 408 g/mol. The number of nitrogens with one attached hydrogen (secondary N) is 1. The Hall–Kier alpha value is -1.40. The molecule has 1 aliphatic heterocycles. The van der Waals surface area contributed by atoms with Gasteiger partial charge in [0.15, 0.2) is 9.84 Å². The molecule has 176 valence electrons. The van der Waals surface area contributed by atoms with Gasteiger partial charge in [0.2, 0.25) is 5.91 Å². The van der Waals surface area contributed by atoms with E-state index in [9.17, 15) is 13.2 Å². The van der Waals surface area contributed by atoms with Crippen LogP contribution in [-0.2, 0) is 21.1 Å². The molecule has 1 amide bonds. The molecule has 0 bridgehead atoms. The molecule has 0 radical (unpaired) electrons. The minimum atomic E-state index is -3.21. The fourth-order valence-corrected chi connectivity index (χ4v) is 5.83. The standard InChI is InChI=1S/C25H42N2O3S/c1-5-25(4,26-16-8-10-18-27-17-9-6-7-11-24(27)28)19-22-12-14-23(15-13-22)31(29,30)20-21(2)3/h12-15,21,26H,5-11,16-20H2,1-4H3. The van der Waals surface area contributed by atoms with Crippen molar-refractivity contribution in [2.45, 2.75) is 89.5 Å². The maximum Gasteiger partial charge on any atom is 0.222 e. The molecule has 5 nitrogen and oxygen atoms in total. The van der Waals surface area contributed by atoms with Crippen LogP contribution < -0.4 is 5.32 Å². The van der Waals surface area contributed by atoms with E-state index in [1.165, 1.54) is 6.42 Å². The van der Waals surface area contributed by atoms with Gasteiger partial charge in [0.25, 0.3) is 0 Å². The lowest BCUT2D eigenvalue weighted by molar-refractivity contribution is -0.130. The predicted molar refractivity (Wildman–Crippen MR) is 128 cm³/mol. The van der Waals surface area contributed by atoms with Gasteiger partial charge in [-0.1, -0.05) is 39.3 Å². The van der Waals surface area contributed by atoms with Crippen LogP contribution in [0.5, 0.6) is 0 Å². The summed E-state index contributed by atoms with van der Waals surface area (Å²) in [5.74, 6) is 0.626. The Bertz CT molecular complexity index is 789. The van der Waals surface area contributed by atoms with Crippen molar-refractivity contribution in [1.29, 1.82) is 0 Å². The SMILES string of the molecule is CCC(C)(Cc1ccc(S(=O)(=O)CC(C)C)cc1)NCCCCN1CCCCCC1=O. The van der Waals surface area contributed by atoms with Crippen molar-refractivity contribution in [1.82, 2.24) is 10.2 Å². The summed E-state index contributed by atoms with van der Waals surface area (Å²) in [7, 11) is -3.21. The Labute approximate surface area is 189 Å². The van der Waals surface area contributed by atoms with E-state index in [1.807, 2.05) is 30.9 Å². The molecule has 31 heavy (non-hydrogen) atoms. The molecule has 1 fully saturated rings. The monoisotopic (exact) mass is 450 g/mol. The van der Waals surface area contributed by atoms with Crippen LogP contribution >= 0.6 is 0 Å². The number of nitrogens with zero attached hydrogens (tertiary/aromatic N) is 1. The molecule has 1 heterocycles. The third-order valence-electron chi connectivity index (χ3n) is 6.29. The third-order valence-corrected chi connectivity index (χ3v) is 8.38. The van der Waals surface area contributed by atoms with Gasteiger partial charge in [0.05, 0.1) is 10.6 Å². The van der Waals surface area contributed by atoms with Crippen LogP contribution in [0.25, 0.3) is 0 Å². The molecule has 1 aliphatic rings. The Morgan fingerprint density at radius 2 is 1.81 bits per heavy atom. The van der Waals surface area contributed by atoms with Gasteiger partial charge in [-0.15, -0.1) is 0 Å². The summed E-state index contributed by atoms with van der Waals surface area (Å²) in [6.07, 6.45) is 7.98. The molecule has 1 unspecified atom stereocenters. The first-order valence-corrected chi connectivity index (χ1v) is 13.6. The minimum absolute atomic E-state index is 0.0310. The summed E-state index contributed by atoms with van der Waals surface area (Å²) in [5.41, 5.74) is 1.12. The largest absolute Gasteiger partial charge is 0.343 e. The maximum absolute atomic E-state index is 12.4. The number of benzene rings is 1. The average Bonchev–Trinajstić information content (AvgIpc) is 2.91. The lowest BCUT2D eigenvalue weighted by Crippen LogP contribution is -2.44. The molecule has 1 N–H and O–H groups in total. The molecule has 1 atom stereocenters. The zero-order valence-corrected chi connectivity index (χ0v) is 20.8. The number of unbranched alkanes of at least 4 members (excludes halogenated alkanes) is 1. The van der Waals surface area contributed by atoms with E-state index in [0.717, 1.165) is 63.7 Å². The second-order valence-corrected chi connectivity index (χ2v) is 11.8. The van der Waals surface area contributed by atoms with Gasteiger partial charge < -0.3 is 10.2 Å². The van der Waals surface area contributed by atoms with Crippen molar-refractivity contribution in [3.05, 3.63) is 29.8 Å². The van der Waals surface area contributed by atoms with Gasteiger partial charge in [-0.3, -0.25) is 4.79 Å². The van der Waals surface area contributed by atoms with Gasteiger partial charge in [0, 0.05) is 25.0 Å². The van der Waals surface area contributed by atoms with Gasteiger partial charge in [-0.2, -0.15) is 0 Å². The summed E-state index contributed by atoms with van der Waals surface area (Å²) < 4.78 is 24.8. The highest BCUT2D eigenvalue weighted by atomic mass is 32.2. The number of sulfone groups is 1. The quantitative estimate of drug-likeness (QED) is 0.473. The number of rotatable bonds is 12. The summed E-state index contributed by atoms with van der Waals surface area (Å²) in [6.45, 7) is 11.0. The molecule has 1 aromatic rings. The van der Waals surface area contributed by atoms with E-state index < -0.39 is 9.84 Å². The van der Waals surface area contributed by atoms with Crippen LogP contribution in [0.2, 0.25) is 0 Å². The average molecular weight is 451 g/mol. The highest BCUT2D eigenvalue weighted by Crippen LogP contribution is 2.20. The Balaban J connectivity index is 1.82. The molecule has 0 saturated carbocycles. The zero-order chi connectivity index (χ0) is 22.9. The Kier molecular flexibility index (Phi) is 10.0. The fraction of sp³-hybridized carbons (Fsp3) is 0.720. The number of hydrogen-bond donors (Lipinski definition) is 1. The van der Waals surface area contributed by atoms with Crippen molar-refractivity contribution in [3.63, 3.8) is 0 Å². The predicted octanol–water partition coefficient (Wildman–Crippen LogP) is 4.60. The number of carbonyl (C=O) groups excluding carboxylic acids is 1. The summed E-state index contributed by atoms with van der Waals surface area (Å²) in [6, 6.07) is 7.41. The second-order valence-electron chi connectivity index (χ2n) is 9.74. The van der Waals surface area contributed by atoms with E-state index in [1.54, 1.807) is 12.1 Å². The van der Waals surface area contributed by atoms with E-state index in [-0.39, 0.29) is 17.2 Å². The molecule has 1 saturated heterocycles. The van der Waals surface area contributed by atoms with Gasteiger partial charge in [0.1, 0.15) is 0 Å². The van der Waals surface area contributed by atoms with Crippen LogP contribution in [0.1, 0.15) is 78.2 Å². The highest BCUT2D eigenvalue weighted by Gasteiger charge is 2.23. The number of hydrogen-bond acceptors (Lipinski definition) is 4. The van der Waals surface area contributed by atoms with Crippen molar-refractivity contribution in [3.8, 4) is 0 Å². The molecule has 2 rings (SSSR count). The van der Waals surface area contributed by atoms with Crippen LogP contribution in [-0.4, -0.2) is 50.2 Å². The van der Waals surface area contributed by atoms with Gasteiger partial charge in [-0.25, -0.2) is 8.42 Å². The molecule has 1 aromatic carbocycles. The first kappa shape index (κ1) is 25.9. The fourth-order valence-electron chi connectivity index (χ4n) is 4.21. The first-order chi connectivity index (χ1) is 14.6. The zero-order valence-electron chi connectivity index (χ0n) is 20.0. The van der Waals surface area contributed by atoms with Crippen LogP contribution in [0.3, 0.4) is 0 Å². The topological polar surface area (TPSA) is 66.5 Å². The summed E-state index contributed by atoms with van der Waals surface area (Å²) >= 11 is 0. The van der Waals surface area contributed by atoms with Gasteiger partial charge >= 0.3 is 0 Å². The van der Waals surface area contributed by atoms with Crippen molar-refractivity contribution >= 4 is 15.7 Å². The van der Waals surface area contributed by atoms with Crippen LogP contribution in [0.15, 0.2) is 29.2 Å². The number of carbonyl (C=O) groups is 1. The van der Waals surface area contributed by atoms with Crippen molar-refractivity contribution in [2.24, 2.45) is 5.92 Å². The number of likely N-dealkylation sites (tertiary alicyclic amines) is 1. The normalized spacial score (nSPS) is 17.6. The lowest BCUT2D eigenvalue weighted by Gasteiger charge is -2.30. The minimum Gasteiger partial charge on any atom is -0.343 e. The van der Waals surface area contributed by atoms with Crippen molar-refractivity contribution in [2.75, 3.05) is 25.4 Å². The molecule has 0 aromatic heterocycles.